The molecule has 0 atom stereocenters. The van der Waals surface area contributed by atoms with Gasteiger partial charge in [-0.3, -0.25) is 9.59 Å². The highest BCUT2D eigenvalue weighted by Crippen LogP contribution is 2.29. The van der Waals surface area contributed by atoms with Crippen molar-refractivity contribution >= 4 is 21.8 Å². The SMILES string of the molecule is O=C(CN1C(=O)c2ccccc2S1(=O)=O)NCc1ccccc1F. The van der Waals surface area contributed by atoms with Crippen molar-refractivity contribution in [1.82, 2.24) is 9.62 Å². The molecule has 6 nitrogen and oxygen atoms in total. The van der Waals surface area contributed by atoms with Crippen molar-refractivity contribution in [1.29, 1.82) is 0 Å². The molecule has 0 saturated carbocycles. The van der Waals surface area contributed by atoms with Crippen molar-refractivity contribution in [3.05, 3.63) is 65.5 Å². The van der Waals surface area contributed by atoms with Gasteiger partial charge in [0, 0.05) is 12.1 Å². The van der Waals surface area contributed by atoms with Crippen LogP contribution in [0.1, 0.15) is 15.9 Å². The van der Waals surface area contributed by atoms with Crippen LogP contribution in [-0.2, 0) is 21.4 Å². The van der Waals surface area contributed by atoms with E-state index in [0.717, 1.165) is 0 Å². The van der Waals surface area contributed by atoms with E-state index in [1.54, 1.807) is 12.1 Å². The van der Waals surface area contributed by atoms with Crippen LogP contribution < -0.4 is 5.32 Å². The number of fused-ring (bicyclic) bond motifs is 1. The van der Waals surface area contributed by atoms with Crippen molar-refractivity contribution in [3.63, 3.8) is 0 Å². The molecule has 0 unspecified atom stereocenters. The zero-order valence-electron chi connectivity index (χ0n) is 12.4. The Bertz CT molecular complexity index is 927. The summed E-state index contributed by atoms with van der Waals surface area (Å²) in [5.74, 6) is -1.91. The molecule has 0 aromatic heterocycles. The van der Waals surface area contributed by atoms with Gasteiger partial charge in [-0.1, -0.05) is 30.3 Å². The second kappa shape index (κ2) is 6.04. The fourth-order valence-corrected chi connectivity index (χ4v) is 3.93. The van der Waals surface area contributed by atoms with Crippen LogP contribution in [0.15, 0.2) is 53.4 Å². The van der Waals surface area contributed by atoms with Crippen LogP contribution in [0, 0.1) is 5.82 Å². The second-order valence-corrected chi connectivity index (χ2v) is 7.01. The summed E-state index contributed by atoms with van der Waals surface area (Å²) < 4.78 is 38.7. The molecule has 1 heterocycles. The van der Waals surface area contributed by atoms with Gasteiger partial charge < -0.3 is 5.32 Å². The monoisotopic (exact) mass is 348 g/mol. The summed E-state index contributed by atoms with van der Waals surface area (Å²) in [6.07, 6.45) is 0. The number of sulfonamides is 1. The van der Waals surface area contributed by atoms with E-state index in [0.29, 0.717) is 4.31 Å². The van der Waals surface area contributed by atoms with Crippen molar-refractivity contribution < 1.29 is 22.4 Å². The van der Waals surface area contributed by atoms with Gasteiger partial charge in [0.25, 0.3) is 15.9 Å². The first-order valence-corrected chi connectivity index (χ1v) is 8.51. The first-order chi connectivity index (χ1) is 11.4. The smallest absolute Gasteiger partial charge is 0.269 e. The number of nitrogens with one attached hydrogen (secondary N) is 1. The van der Waals surface area contributed by atoms with E-state index in [-0.39, 0.29) is 22.6 Å². The summed E-state index contributed by atoms with van der Waals surface area (Å²) in [4.78, 5) is 24.0. The Morgan fingerprint density at radius 1 is 1.08 bits per heavy atom. The molecule has 1 N–H and O–H groups in total. The van der Waals surface area contributed by atoms with Gasteiger partial charge in [0.05, 0.1) is 5.56 Å². The van der Waals surface area contributed by atoms with Crippen molar-refractivity contribution in [2.45, 2.75) is 11.4 Å². The first kappa shape index (κ1) is 16.1. The van der Waals surface area contributed by atoms with E-state index in [9.17, 15) is 22.4 Å². The number of rotatable bonds is 4. The van der Waals surface area contributed by atoms with Crippen LogP contribution in [0.5, 0.6) is 0 Å². The van der Waals surface area contributed by atoms with Crippen molar-refractivity contribution in [2.75, 3.05) is 6.54 Å². The number of hydrogen-bond donors (Lipinski definition) is 1. The Kier molecular flexibility index (Phi) is 4.06. The van der Waals surface area contributed by atoms with E-state index in [1.807, 2.05) is 0 Å². The average Bonchev–Trinajstić information content (AvgIpc) is 2.76. The third kappa shape index (κ3) is 2.76. The average molecular weight is 348 g/mol. The van der Waals surface area contributed by atoms with Crippen molar-refractivity contribution in [2.24, 2.45) is 0 Å². The predicted molar refractivity (Wildman–Crippen MR) is 82.9 cm³/mol. The molecule has 124 valence electrons. The highest BCUT2D eigenvalue weighted by atomic mass is 32.2. The molecular formula is C16H13FN2O4S. The molecule has 2 aromatic rings. The molecule has 3 rings (SSSR count). The number of nitrogens with zero attached hydrogens (tertiary/aromatic N) is 1. The summed E-state index contributed by atoms with van der Waals surface area (Å²) in [5, 5.41) is 2.41. The molecule has 0 spiro atoms. The lowest BCUT2D eigenvalue weighted by atomic mass is 10.2. The summed E-state index contributed by atoms with van der Waals surface area (Å²) >= 11 is 0. The maximum Gasteiger partial charge on any atom is 0.269 e. The van der Waals surface area contributed by atoms with Gasteiger partial charge >= 0.3 is 0 Å². The van der Waals surface area contributed by atoms with Crippen LogP contribution in [0.3, 0.4) is 0 Å². The lowest BCUT2D eigenvalue weighted by Gasteiger charge is -2.14. The van der Waals surface area contributed by atoms with Crippen LogP contribution in [0.2, 0.25) is 0 Å². The van der Waals surface area contributed by atoms with Gasteiger partial charge in [-0.25, -0.2) is 17.1 Å². The molecule has 0 saturated heterocycles. The Balaban J connectivity index is 1.72. The molecule has 0 aliphatic carbocycles. The summed E-state index contributed by atoms with van der Waals surface area (Å²) in [5.41, 5.74) is 0.309. The van der Waals surface area contributed by atoms with Crippen LogP contribution in [0.25, 0.3) is 0 Å². The Hall–Kier alpha value is -2.74. The third-order valence-corrected chi connectivity index (χ3v) is 5.42. The fourth-order valence-electron chi connectivity index (χ4n) is 2.41. The van der Waals surface area contributed by atoms with Gasteiger partial charge in [0.15, 0.2) is 0 Å². The quantitative estimate of drug-likeness (QED) is 0.902. The second-order valence-electron chi connectivity index (χ2n) is 5.18. The molecule has 0 fully saturated rings. The zero-order chi connectivity index (χ0) is 17.3. The number of benzene rings is 2. The summed E-state index contributed by atoms with van der Waals surface area (Å²) in [7, 11) is -4.03. The topological polar surface area (TPSA) is 83.6 Å². The number of halogens is 1. The van der Waals surface area contributed by atoms with E-state index in [4.69, 9.17) is 0 Å². The maximum absolute atomic E-state index is 13.5. The molecule has 2 aromatic carbocycles. The number of carbonyl (C=O) groups is 2. The molecule has 24 heavy (non-hydrogen) atoms. The van der Waals surface area contributed by atoms with Crippen LogP contribution in [0.4, 0.5) is 4.39 Å². The molecule has 1 aliphatic heterocycles. The fraction of sp³-hybridized carbons (Fsp3) is 0.125. The van der Waals surface area contributed by atoms with Gasteiger partial charge in [-0.05, 0) is 18.2 Å². The highest BCUT2D eigenvalue weighted by molar-refractivity contribution is 7.90. The highest BCUT2D eigenvalue weighted by Gasteiger charge is 2.41. The van der Waals surface area contributed by atoms with Crippen molar-refractivity contribution in [3.8, 4) is 0 Å². The Labute approximate surface area is 138 Å². The molecule has 2 amide bonds. The molecular weight excluding hydrogens is 335 g/mol. The molecule has 8 heteroatoms. The lowest BCUT2D eigenvalue weighted by molar-refractivity contribution is -0.121. The number of amides is 2. The largest absolute Gasteiger partial charge is 0.350 e. The van der Waals surface area contributed by atoms with E-state index < -0.39 is 34.2 Å². The Morgan fingerprint density at radius 3 is 2.46 bits per heavy atom. The van der Waals surface area contributed by atoms with Gasteiger partial charge in [0.2, 0.25) is 5.91 Å². The summed E-state index contributed by atoms with van der Waals surface area (Å²) in [6.45, 7) is -0.745. The van der Waals surface area contributed by atoms with Crippen LogP contribution in [-0.4, -0.2) is 31.1 Å². The standard InChI is InChI=1S/C16H13FN2O4S/c17-13-7-3-1-5-11(13)9-18-15(20)10-19-16(21)12-6-2-4-8-14(12)24(19,22)23/h1-8H,9-10H2,(H,18,20). The van der Waals surface area contributed by atoms with E-state index in [2.05, 4.69) is 5.32 Å². The van der Waals surface area contributed by atoms with E-state index in [1.165, 1.54) is 36.4 Å². The minimum Gasteiger partial charge on any atom is -0.350 e. The van der Waals surface area contributed by atoms with Gasteiger partial charge in [-0.2, -0.15) is 0 Å². The molecule has 1 aliphatic rings. The zero-order valence-corrected chi connectivity index (χ0v) is 13.2. The van der Waals surface area contributed by atoms with Crippen LogP contribution >= 0.6 is 0 Å². The third-order valence-electron chi connectivity index (χ3n) is 3.63. The minimum atomic E-state index is -4.03. The molecule has 0 bridgehead atoms. The maximum atomic E-state index is 13.5. The number of carbonyl (C=O) groups excluding carboxylic acids is 2. The van der Waals surface area contributed by atoms with Gasteiger partial charge in [-0.15, -0.1) is 0 Å². The van der Waals surface area contributed by atoms with Gasteiger partial charge in [0.1, 0.15) is 17.3 Å². The Morgan fingerprint density at radius 2 is 1.75 bits per heavy atom. The number of hydrogen-bond acceptors (Lipinski definition) is 4. The minimum absolute atomic E-state index is 0.0411. The summed E-state index contributed by atoms with van der Waals surface area (Å²) in [6, 6.07) is 11.7. The lowest BCUT2D eigenvalue weighted by Crippen LogP contribution is -2.40. The van der Waals surface area contributed by atoms with E-state index >= 15 is 0 Å². The molecule has 0 radical (unpaired) electrons. The predicted octanol–water partition coefficient (Wildman–Crippen LogP) is 1.29. The first-order valence-electron chi connectivity index (χ1n) is 7.07. The normalized spacial score (nSPS) is 15.2.